The highest BCUT2D eigenvalue weighted by atomic mass is 32.2. The van der Waals surface area contributed by atoms with Crippen molar-refractivity contribution in [1.82, 2.24) is 30.8 Å². The second-order valence-corrected chi connectivity index (χ2v) is 2.53. The van der Waals surface area contributed by atoms with Crippen molar-refractivity contribution in [2.24, 2.45) is 4.36 Å². The normalized spacial score (nSPS) is 10.2. The fourth-order valence-electron chi connectivity index (χ4n) is 0.732. The lowest BCUT2D eigenvalue weighted by molar-refractivity contribution is 0.622. The minimum atomic E-state index is -2.59. The maximum Gasteiger partial charge on any atom is 0.318 e. The summed E-state index contributed by atoms with van der Waals surface area (Å²) in [7, 11) is -2.59. The van der Waals surface area contributed by atoms with Crippen LogP contribution in [0.25, 0.3) is 11.2 Å². The molecule has 0 aliphatic rings. The lowest BCUT2D eigenvalue weighted by Crippen LogP contribution is -1.87. The summed E-state index contributed by atoms with van der Waals surface area (Å²) in [4.78, 5) is 0. The standard InChI is InChI=1S/C3HN7O2S/c11-13(12)8-3-1-2(5-9-4-1)6-10-7-3/h(H,4,5,6,7,9). The molecule has 2 heterocycles. The maximum absolute atomic E-state index is 10.2. The summed E-state index contributed by atoms with van der Waals surface area (Å²) in [5, 5.41) is 19.5. The number of aromatic nitrogens is 6. The van der Waals surface area contributed by atoms with Crippen molar-refractivity contribution in [3.05, 3.63) is 0 Å². The molecule has 13 heavy (non-hydrogen) atoms. The Morgan fingerprint density at radius 1 is 1.23 bits per heavy atom. The molecule has 1 N–H and O–H groups in total. The molecule has 0 aromatic carbocycles. The quantitative estimate of drug-likeness (QED) is 0.613. The molecule has 0 fully saturated rings. The zero-order chi connectivity index (χ0) is 9.26. The third-order valence-electron chi connectivity index (χ3n) is 1.18. The molecule has 0 bridgehead atoms. The molecule has 0 amide bonds. The largest absolute Gasteiger partial charge is 0.318 e. The molecular weight excluding hydrogens is 198 g/mol. The van der Waals surface area contributed by atoms with Gasteiger partial charge in [-0.15, -0.1) is 19.7 Å². The topological polar surface area (TPSA) is 127 Å². The van der Waals surface area contributed by atoms with E-state index in [1.165, 1.54) is 0 Å². The third kappa shape index (κ3) is 1.33. The van der Waals surface area contributed by atoms with Crippen LogP contribution in [-0.2, 0) is 10.5 Å². The lowest BCUT2D eigenvalue weighted by Gasteiger charge is -1.84. The zero-order valence-electron chi connectivity index (χ0n) is 5.91. The number of fused-ring (bicyclic) bond motifs is 1. The van der Waals surface area contributed by atoms with Gasteiger partial charge in [0.05, 0.1) is 0 Å². The van der Waals surface area contributed by atoms with Gasteiger partial charge in [-0.3, -0.25) is 0 Å². The number of nitrogens with one attached hydrogen (secondary N) is 1. The first kappa shape index (κ1) is 7.67. The second-order valence-electron chi connectivity index (χ2n) is 1.92. The van der Waals surface area contributed by atoms with Gasteiger partial charge in [0.25, 0.3) is 0 Å². The lowest BCUT2D eigenvalue weighted by atomic mass is 10.5. The van der Waals surface area contributed by atoms with Crippen molar-refractivity contribution in [3.8, 4) is 0 Å². The van der Waals surface area contributed by atoms with Crippen molar-refractivity contribution in [1.29, 1.82) is 0 Å². The predicted octanol–water partition coefficient (Wildman–Crippen LogP) is -1.16. The first-order chi connectivity index (χ1) is 6.27. The fourth-order valence-corrected chi connectivity index (χ4v) is 0.996. The van der Waals surface area contributed by atoms with Crippen LogP contribution in [0.1, 0.15) is 0 Å². The average Bonchev–Trinajstić information content (AvgIpc) is 2.51. The monoisotopic (exact) mass is 199 g/mol. The van der Waals surface area contributed by atoms with Gasteiger partial charge in [-0.05, 0) is 5.21 Å². The Labute approximate surface area is 71.9 Å². The molecule has 9 nitrogen and oxygen atoms in total. The highest BCUT2D eigenvalue weighted by Gasteiger charge is 2.07. The van der Waals surface area contributed by atoms with E-state index in [0.717, 1.165) is 0 Å². The van der Waals surface area contributed by atoms with Crippen LogP contribution in [0.2, 0.25) is 0 Å². The van der Waals surface area contributed by atoms with E-state index in [1.807, 2.05) is 0 Å². The van der Waals surface area contributed by atoms with Crippen molar-refractivity contribution >= 4 is 27.5 Å². The number of aromatic amines is 1. The molecule has 0 unspecified atom stereocenters. The van der Waals surface area contributed by atoms with Gasteiger partial charge < -0.3 is 0 Å². The first-order valence-corrected chi connectivity index (χ1v) is 4.01. The van der Waals surface area contributed by atoms with Crippen LogP contribution in [0.4, 0.5) is 5.82 Å². The zero-order valence-corrected chi connectivity index (χ0v) is 6.72. The second kappa shape index (κ2) is 2.82. The Morgan fingerprint density at radius 3 is 2.85 bits per heavy atom. The van der Waals surface area contributed by atoms with E-state index in [4.69, 9.17) is 0 Å². The van der Waals surface area contributed by atoms with Crippen LogP contribution in [0.3, 0.4) is 0 Å². The van der Waals surface area contributed by atoms with E-state index >= 15 is 0 Å². The van der Waals surface area contributed by atoms with Gasteiger partial charge in [0.15, 0.2) is 5.52 Å². The molecule has 2 aromatic rings. The van der Waals surface area contributed by atoms with E-state index in [1.54, 1.807) is 0 Å². The van der Waals surface area contributed by atoms with Crippen LogP contribution in [-0.4, -0.2) is 39.2 Å². The van der Waals surface area contributed by atoms with Crippen LogP contribution < -0.4 is 0 Å². The van der Waals surface area contributed by atoms with E-state index < -0.39 is 10.5 Å². The van der Waals surface area contributed by atoms with Crippen LogP contribution in [0, 0.1) is 0 Å². The van der Waals surface area contributed by atoms with Gasteiger partial charge in [0, 0.05) is 0 Å². The molecule has 2 rings (SSSR count). The molecule has 0 atom stereocenters. The maximum atomic E-state index is 10.2. The Morgan fingerprint density at radius 2 is 2.08 bits per heavy atom. The van der Waals surface area contributed by atoms with Crippen molar-refractivity contribution in [3.63, 3.8) is 0 Å². The van der Waals surface area contributed by atoms with Gasteiger partial charge >= 0.3 is 10.5 Å². The molecule has 2 aromatic heterocycles. The summed E-state index contributed by atoms with van der Waals surface area (Å²) in [5.74, 6) is -0.132. The Bertz CT molecular complexity index is 562. The average molecular weight is 199 g/mol. The molecule has 0 radical (unpaired) electrons. The third-order valence-corrected chi connectivity index (χ3v) is 1.50. The SMILES string of the molecule is O=S(=O)=Nc1nnnc2n[nH]nc12. The molecule has 0 saturated heterocycles. The number of rotatable bonds is 1. The van der Waals surface area contributed by atoms with Gasteiger partial charge in [0.1, 0.15) is 0 Å². The molecule has 66 valence electrons. The van der Waals surface area contributed by atoms with Crippen LogP contribution in [0.5, 0.6) is 0 Å². The smallest absolute Gasteiger partial charge is 0.195 e. The summed E-state index contributed by atoms with van der Waals surface area (Å²) in [6, 6.07) is 0. The highest BCUT2D eigenvalue weighted by Crippen LogP contribution is 2.14. The van der Waals surface area contributed by atoms with Crippen LogP contribution in [0.15, 0.2) is 4.36 Å². The number of hydrogen-bond acceptors (Lipinski definition) is 8. The first-order valence-electron chi connectivity index (χ1n) is 2.98. The Hall–Kier alpha value is -1.97. The highest BCUT2D eigenvalue weighted by molar-refractivity contribution is 7.61. The van der Waals surface area contributed by atoms with Crippen molar-refractivity contribution < 1.29 is 8.42 Å². The Balaban J connectivity index is 2.82. The summed E-state index contributed by atoms with van der Waals surface area (Å²) in [6.45, 7) is 0. The summed E-state index contributed by atoms with van der Waals surface area (Å²) in [5.41, 5.74) is 0.332. The van der Waals surface area contributed by atoms with Crippen molar-refractivity contribution in [2.45, 2.75) is 0 Å². The minimum Gasteiger partial charge on any atom is -0.195 e. The van der Waals surface area contributed by atoms with Gasteiger partial charge in [-0.25, -0.2) is 0 Å². The predicted molar refractivity (Wildman–Crippen MR) is 38.3 cm³/mol. The minimum absolute atomic E-state index is 0.132. The number of hydrogen-bond donors (Lipinski definition) is 1. The number of H-pyrrole nitrogens is 1. The van der Waals surface area contributed by atoms with E-state index in [2.05, 4.69) is 35.2 Å². The van der Waals surface area contributed by atoms with E-state index in [9.17, 15) is 8.42 Å². The van der Waals surface area contributed by atoms with E-state index in [0.29, 0.717) is 0 Å². The summed E-state index contributed by atoms with van der Waals surface area (Å²) < 4.78 is 23.6. The summed E-state index contributed by atoms with van der Waals surface area (Å²) in [6.07, 6.45) is 0. The molecular formula is C3HN7O2S. The van der Waals surface area contributed by atoms with Gasteiger partial charge in [0.2, 0.25) is 11.5 Å². The molecule has 10 heteroatoms. The molecule has 0 spiro atoms. The van der Waals surface area contributed by atoms with E-state index in [-0.39, 0.29) is 17.0 Å². The molecule has 0 saturated carbocycles. The molecule has 0 aliphatic heterocycles. The van der Waals surface area contributed by atoms with Crippen molar-refractivity contribution in [2.75, 3.05) is 0 Å². The summed E-state index contributed by atoms with van der Waals surface area (Å²) >= 11 is 0. The van der Waals surface area contributed by atoms with Crippen LogP contribution >= 0.6 is 0 Å². The molecule has 0 aliphatic carbocycles. The van der Waals surface area contributed by atoms with Gasteiger partial charge in [-0.2, -0.15) is 18.7 Å². The van der Waals surface area contributed by atoms with Gasteiger partial charge in [-0.1, -0.05) is 0 Å². The Kier molecular flexibility index (Phi) is 1.66. The fraction of sp³-hybridized carbons (Fsp3) is 0. The number of nitrogens with zero attached hydrogens (tertiary/aromatic N) is 6.